The zero-order valence-corrected chi connectivity index (χ0v) is 17.3. The first-order chi connectivity index (χ1) is 12.7. The summed E-state index contributed by atoms with van der Waals surface area (Å²) >= 11 is 6.03. The molecule has 150 valence electrons. The fourth-order valence-electron chi connectivity index (χ4n) is 3.23. The number of hydrogen-bond acceptors (Lipinski definition) is 4. The Bertz CT molecular complexity index is 785. The fourth-order valence-corrected chi connectivity index (χ4v) is 5.14. The third kappa shape index (κ3) is 6.48. The molecule has 1 unspecified atom stereocenters. The van der Waals surface area contributed by atoms with Crippen LogP contribution in [0.4, 0.5) is 5.69 Å². The number of halogens is 1. The molecular formula is C18H27ClN3O4S+. The lowest BCUT2D eigenvalue weighted by Crippen LogP contribution is -3.11. The molecular weight excluding hydrogens is 390 g/mol. The number of carbonyl (C=O) groups excluding carboxylic acids is 2. The van der Waals surface area contributed by atoms with E-state index >= 15 is 0 Å². The van der Waals surface area contributed by atoms with Crippen LogP contribution in [0, 0.1) is 0 Å². The average Bonchev–Trinajstić information content (AvgIpc) is 2.94. The van der Waals surface area contributed by atoms with E-state index < -0.39 is 9.84 Å². The molecule has 0 aromatic heterocycles. The van der Waals surface area contributed by atoms with E-state index in [1.54, 1.807) is 36.2 Å². The van der Waals surface area contributed by atoms with Crippen LogP contribution in [0.15, 0.2) is 24.3 Å². The Morgan fingerprint density at radius 1 is 1.30 bits per heavy atom. The molecule has 2 N–H and O–H groups in total. The van der Waals surface area contributed by atoms with E-state index in [1.807, 2.05) is 6.92 Å². The molecule has 9 heteroatoms. The van der Waals surface area contributed by atoms with Crippen molar-refractivity contribution < 1.29 is 22.9 Å². The van der Waals surface area contributed by atoms with Crippen LogP contribution in [-0.2, 0) is 19.4 Å². The molecule has 7 nitrogen and oxygen atoms in total. The summed E-state index contributed by atoms with van der Waals surface area (Å²) in [6, 6.07) is 6.70. The van der Waals surface area contributed by atoms with Crippen molar-refractivity contribution in [1.82, 2.24) is 4.90 Å². The quantitative estimate of drug-likeness (QED) is 0.634. The molecule has 0 saturated carbocycles. The van der Waals surface area contributed by atoms with E-state index in [0.29, 0.717) is 23.7 Å². The maximum absolute atomic E-state index is 12.7. The fraction of sp³-hybridized carbons (Fsp3) is 0.556. The molecule has 0 bridgehead atoms. The van der Waals surface area contributed by atoms with Gasteiger partial charge in [-0.1, -0.05) is 30.7 Å². The molecule has 1 saturated heterocycles. The molecule has 1 heterocycles. The number of benzene rings is 1. The van der Waals surface area contributed by atoms with Crippen LogP contribution in [0.2, 0.25) is 5.02 Å². The summed E-state index contributed by atoms with van der Waals surface area (Å²) in [5.41, 5.74) is 0.534. The SMILES string of the molecule is CCCN(C(=O)C[NH+](C)CC(=O)Nc1ccccc1Cl)[C@@H]1CCS(=O)(=O)C1. The highest BCUT2D eigenvalue weighted by Gasteiger charge is 2.35. The number of hydrogen-bond donors (Lipinski definition) is 2. The Morgan fingerprint density at radius 2 is 2.00 bits per heavy atom. The Morgan fingerprint density at radius 3 is 2.59 bits per heavy atom. The van der Waals surface area contributed by atoms with Gasteiger partial charge in [-0.25, -0.2) is 8.42 Å². The number of anilines is 1. The minimum absolute atomic E-state index is 0.0325. The van der Waals surface area contributed by atoms with Crippen LogP contribution < -0.4 is 10.2 Å². The molecule has 1 aliphatic rings. The van der Waals surface area contributed by atoms with E-state index in [0.717, 1.165) is 11.3 Å². The highest BCUT2D eigenvalue weighted by Crippen LogP contribution is 2.20. The Balaban J connectivity index is 1.90. The van der Waals surface area contributed by atoms with Gasteiger partial charge in [-0.15, -0.1) is 0 Å². The first-order valence-corrected chi connectivity index (χ1v) is 11.3. The standard InChI is InChI=1S/C18H26ClN3O4S/c1-3-9-22(14-8-10-27(25,26)13-14)18(24)12-21(2)11-17(23)20-16-7-5-4-6-15(16)19/h4-7,14H,3,8-13H2,1-2H3,(H,20,23)/p+1/t14-/m1/s1. The predicted octanol–water partition coefficient (Wildman–Crippen LogP) is 0.219. The number of nitrogens with one attached hydrogen (secondary N) is 2. The number of rotatable bonds is 8. The first kappa shape index (κ1) is 21.7. The second-order valence-electron chi connectivity index (χ2n) is 6.98. The van der Waals surface area contributed by atoms with Crippen molar-refractivity contribution in [1.29, 1.82) is 0 Å². The van der Waals surface area contributed by atoms with Crippen molar-refractivity contribution >= 4 is 38.9 Å². The molecule has 1 aromatic rings. The third-order valence-corrected chi connectivity index (χ3v) is 6.58. The van der Waals surface area contributed by atoms with Crippen molar-refractivity contribution in [3.63, 3.8) is 0 Å². The van der Waals surface area contributed by atoms with E-state index in [9.17, 15) is 18.0 Å². The summed E-state index contributed by atoms with van der Waals surface area (Å²) in [6.07, 6.45) is 1.24. The Labute approximate surface area is 165 Å². The smallest absolute Gasteiger partial charge is 0.279 e. The van der Waals surface area contributed by atoms with E-state index in [2.05, 4.69) is 5.32 Å². The Kier molecular flexibility index (Phi) is 7.64. The summed E-state index contributed by atoms with van der Waals surface area (Å²) in [7, 11) is -1.29. The Hall–Kier alpha value is -1.64. The van der Waals surface area contributed by atoms with E-state index in [1.165, 1.54) is 0 Å². The molecule has 27 heavy (non-hydrogen) atoms. The molecule has 1 fully saturated rings. The second-order valence-corrected chi connectivity index (χ2v) is 9.62. The van der Waals surface area contributed by atoms with Gasteiger partial charge in [0.1, 0.15) is 0 Å². The van der Waals surface area contributed by atoms with Crippen LogP contribution in [0.5, 0.6) is 0 Å². The van der Waals surface area contributed by atoms with Crippen molar-refractivity contribution in [3.8, 4) is 0 Å². The summed E-state index contributed by atoms with van der Waals surface area (Å²) in [6.45, 7) is 2.72. The molecule has 2 atom stereocenters. The number of nitrogens with zero attached hydrogens (tertiary/aromatic N) is 1. The molecule has 0 radical (unpaired) electrons. The normalized spacial score (nSPS) is 19.4. The van der Waals surface area contributed by atoms with Gasteiger partial charge in [0.2, 0.25) is 0 Å². The largest absolute Gasteiger partial charge is 0.334 e. The van der Waals surface area contributed by atoms with Gasteiger partial charge < -0.3 is 15.1 Å². The zero-order chi connectivity index (χ0) is 20.0. The van der Waals surface area contributed by atoms with Crippen LogP contribution in [-0.4, -0.2) is 69.4 Å². The number of carbonyl (C=O) groups is 2. The molecule has 2 amide bonds. The lowest BCUT2D eigenvalue weighted by atomic mass is 10.2. The maximum atomic E-state index is 12.7. The maximum Gasteiger partial charge on any atom is 0.279 e. The van der Waals surface area contributed by atoms with Crippen LogP contribution >= 0.6 is 11.6 Å². The molecule has 1 aromatic carbocycles. The highest BCUT2D eigenvalue weighted by atomic mass is 35.5. The van der Waals surface area contributed by atoms with E-state index in [-0.39, 0.29) is 42.5 Å². The molecule has 0 aliphatic carbocycles. The van der Waals surface area contributed by atoms with Crippen molar-refractivity contribution in [2.45, 2.75) is 25.8 Å². The molecule has 1 aliphatic heterocycles. The van der Waals surface area contributed by atoms with Gasteiger partial charge in [-0.05, 0) is 25.0 Å². The van der Waals surface area contributed by atoms with Gasteiger partial charge in [-0.3, -0.25) is 9.59 Å². The number of quaternary nitrogens is 1. The second kappa shape index (κ2) is 9.52. The number of amides is 2. The van der Waals surface area contributed by atoms with Crippen molar-refractivity contribution in [2.75, 3.05) is 43.5 Å². The van der Waals surface area contributed by atoms with Crippen LogP contribution in [0.3, 0.4) is 0 Å². The minimum Gasteiger partial charge on any atom is -0.334 e. The summed E-state index contributed by atoms with van der Waals surface area (Å²) < 4.78 is 23.5. The van der Waals surface area contributed by atoms with Gasteiger partial charge in [0.25, 0.3) is 11.8 Å². The number of sulfone groups is 1. The predicted molar refractivity (Wildman–Crippen MR) is 106 cm³/mol. The first-order valence-electron chi connectivity index (χ1n) is 9.07. The van der Waals surface area contributed by atoms with Crippen molar-refractivity contribution in [3.05, 3.63) is 29.3 Å². The average molecular weight is 417 g/mol. The van der Waals surface area contributed by atoms with Crippen LogP contribution in [0.25, 0.3) is 0 Å². The zero-order valence-electron chi connectivity index (χ0n) is 15.7. The summed E-state index contributed by atoms with van der Waals surface area (Å²) in [4.78, 5) is 27.3. The monoisotopic (exact) mass is 416 g/mol. The number of para-hydroxylation sites is 1. The van der Waals surface area contributed by atoms with E-state index in [4.69, 9.17) is 11.6 Å². The van der Waals surface area contributed by atoms with Gasteiger partial charge >= 0.3 is 0 Å². The topological polar surface area (TPSA) is 88.0 Å². The lowest BCUT2D eigenvalue weighted by molar-refractivity contribution is -0.862. The highest BCUT2D eigenvalue weighted by molar-refractivity contribution is 7.91. The summed E-state index contributed by atoms with van der Waals surface area (Å²) in [5.74, 6) is -0.195. The van der Waals surface area contributed by atoms with Gasteiger partial charge in [-0.2, -0.15) is 0 Å². The molecule has 2 rings (SSSR count). The van der Waals surface area contributed by atoms with Gasteiger partial charge in [0, 0.05) is 12.6 Å². The van der Waals surface area contributed by atoms with Crippen LogP contribution in [0.1, 0.15) is 19.8 Å². The van der Waals surface area contributed by atoms with Crippen molar-refractivity contribution in [2.24, 2.45) is 0 Å². The van der Waals surface area contributed by atoms with Gasteiger partial charge in [0.05, 0.1) is 29.3 Å². The minimum atomic E-state index is -3.06. The van der Waals surface area contributed by atoms with Gasteiger partial charge in [0.15, 0.2) is 22.9 Å². The third-order valence-electron chi connectivity index (χ3n) is 4.50. The number of likely N-dealkylation sites (N-methyl/N-ethyl adjacent to an activating group) is 1. The summed E-state index contributed by atoms with van der Waals surface area (Å²) in [5, 5.41) is 3.19. The lowest BCUT2D eigenvalue weighted by Gasteiger charge is -2.28. The molecule has 0 spiro atoms.